The molecule has 0 aliphatic rings. The van der Waals surface area contributed by atoms with Gasteiger partial charge in [0.1, 0.15) is 5.82 Å². The van der Waals surface area contributed by atoms with E-state index >= 15 is 0 Å². The Bertz CT molecular complexity index is 584. The van der Waals surface area contributed by atoms with Crippen molar-refractivity contribution in [3.8, 4) is 0 Å². The van der Waals surface area contributed by atoms with Gasteiger partial charge < -0.3 is 11.1 Å². The van der Waals surface area contributed by atoms with Crippen molar-refractivity contribution in [2.75, 3.05) is 5.32 Å². The lowest BCUT2D eigenvalue weighted by Gasteiger charge is -2.09. The highest BCUT2D eigenvalue weighted by Gasteiger charge is 2.13. The van der Waals surface area contributed by atoms with Crippen molar-refractivity contribution in [3.05, 3.63) is 59.7 Å². The molecule has 1 amide bonds. The summed E-state index contributed by atoms with van der Waals surface area (Å²) < 4.78 is 13.8. The van der Waals surface area contributed by atoms with Crippen molar-refractivity contribution in [2.24, 2.45) is 5.73 Å². The molecule has 0 fully saturated rings. The summed E-state index contributed by atoms with van der Waals surface area (Å²) in [6.07, 6.45) is 3.09. The number of aromatic nitrogens is 1. The van der Waals surface area contributed by atoms with Crippen LogP contribution in [-0.2, 0) is 0 Å². The van der Waals surface area contributed by atoms with E-state index < -0.39 is 11.7 Å². The normalized spacial score (nSPS) is 11.9. The minimum atomic E-state index is -0.582. The number of amides is 1. The van der Waals surface area contributed by atoms with Crippen molar-refractivity contribution in [3.63, 3.8) is 0 Å². The molecule has 1 aromatic carbocycles. The fraction of sp³-hybridized carbons (Fsp3) is 0.143. The number of carbonyl (C=O) groups is 1. The van der Waals surface area contributed by atoms with Crippen LogP contribution in [-0.4, -0.2) is 10.9 Å². The topological polar surface area (TPSA) is 68.0 Å². The van der Waals surface area contributed by atoms with Crippen LogP contribution in [0.15, 0.2) is 42.7 Å². The molecule has 3 N–H and O–H groups in total. The van der Waals surface area contributed by atoms with Gasteiger partial charge in [-0.15, -0.1) is 0 Å². The van der Waals surface area contributed by atoms with Gasteiger partial charge >= 0.3 is 0 Å². The van der Waals surface area contributed by atoms with Crippen LogP contribution >= 0.6 is 0 Å². The predicted octanol–water partition coefficient (Wildman–Crippen LogP) is 2.49. The predicted molar refractivity (Wildman–Crippen MR) is 71.2 cm³/mol. The Morgan fingerprint density at radius 1 is 1.32 bits per heavy atom. The summed E-state index contributed by atoms with van der Waals surface area (Å²) in [5, 5.41) is 2.60. The first kappa shape index (κ1) is 13.2. The quantitative estimate of drug-likeness (QED) is 0.889. The molecule has 0 spiro atoms. The van der Waals surface area contributed by atoms with Crippen LogP contribution in [0.3, 0.4) is 0 Å². The van der Waals surface area contributed by atoms with E-state index in [1.165, 1.54) is 12.1 Å². The first-order valence-corrected chi connectivity index (χ1v) is 5.84. The average Bonchev–Trinajstić information content (AvgIpc) is 2.39. The Morgan fingerprint density at radius 2 is 2.00 bits per heavy atom. The third kappa shape index (κ3) is 3.14. The van der Waals surface area contributed by atoms with Crippen LogP contribution < -0.4 is 11.1 Å². The molecule has 0 aliphatic heterocycles. The molecule has 1 unspecified atom stereocenters. The van der Waals surface area contributed by atoms with Crippen molar-refractivity contribution < 1.29 is 9.18 Å². The van der Waals surface area contributed by atoms with Gasteiger partial charge in [0.05, 0.1) is 5.56 Å². The summed E-state index contributed by atoms with van der Waals surface area (Å²) >= 11 is 0. The minimum absolute atomic E-state index is 0.0128. The van der Waals surface area contributed by atoms with Gasteiger partial charge in [-0.25, -0.2) is 4.39 Å². The maximum absolute atomic E-state index is 13.8. The fourth-order valence-corrected chi connectivity index (χ4v) is 1.63. The molecule has 2 rings (SSSR count). The number of nitrogens with two attached hydrogens (primary N) is 1. The maximum atomic E-state index is 13.8. The Hall–Kier alpha value is -2.27. The van der Waals surface area contributed by atoms with E-state index in [0.717, 1.165) is 0 Å². The van der Waals surface area contributed by atoms with Gasteiger partial charge in [0, 0.05) is 24.1 Å². The number of nitrogens with one attached hydrogen (secondary N) is 1. The van der Waals surface area contributed by atoms with E-state index in [0.29, 0.717) is 11.3 Å². The number of rotatable bonds is 3. The van der Waals surface area contributed by atoms with Crippen LogP contribution in [0.2, 0.25) is 0 Å². The summed E-state index contributed by atoms with van der Waals surface area (Å²) in [6, 6.07) is 7.36. The number of pyridine rings is 1. The van der Waals surface area contributed by atoms with Gasteiger partial charge in [-0.05, 0) is 36.8 Å². The summed E-state index contributed by atoms with van der Waals surface area (Å²) in [4.78, 5) is 15.7. The first-order valence-electron chi connectivity index (χ1n) is 5.84. The lowest BCUT2D eigenvalue weighted by atomic mass is 10.1. The van der Waals surface area contributed by atoms with E-state index in [1.54, 1.807) is 37.5 Å². The number of anilines is 1. The number of hydrogen-bond donors (Lipinski definition) is 2. The number of nitrogens with zero attached hydrogens (tertiary/aromatic N) is 1. The molecular weight excluding hydrogens is 245 g/mol. The summed E-state index contributed by atoms with van der Waals surface area (Å²) in [6.45, 7) is 1.76. The van der Waals surface area contributed by atoms with Gasteiger partial charge in [-0.3, -0.25) is 9.78 Å². The van der Waals surface area contributed by atoms with E-state index in [4.69, 9.17) is 5.73 Å². The molecule has 5 heteroatoms. The van der Waals surface area contributed by atoms with Crippen LogP contribution in [0.25, 0.3) is 0 Å². The molecule has 4 nitrogen and oxygen atoms in total. The third-order valence-electron chi connectivity index (χ3n) is 2.70. The van der Waals surface area contributed by atoms with Crippen LogP contribution in [0.5, 0.6) is 0 Å². The average molecular weight is 259 g/mol. The molecule has 1 heterocycles. The van der Waals surface area contributed by atoms with Crippen molar-refractivity contribution in [1.82, 2.24) is 4.98 Å². The highest BCUT2D eigenvalue weighted by molar-refractivity contribution is 6.04. The molecule has 0 radical (unpaired) electrons. The zero-order chi connectivity index (χ0) is 13.8. The fourth-order valence-electron chi connectivity index (χ4n) is 1.63. The molecule has 1 atom stereocenters. The van der Waals surface area contributed by atoms with Crippen molar-refractivity contribution in [2.45, 2.75) is 13.0 Å². The van der Waals surface area contributed by atoms with E-state index in [-0.39, 0.29) is 11.6 Å². The zero-order valence-corrected chi connectivity index (χ0v) is 10.4. The Balaban J connectivity index is 2.20. The molecule has 0 aliphatic carbocycles. The van der Waals surface area contributed by atoms with Gasteiger partial charge in [0.15, 0.2) is 0 Å². The molecule has 0 saturated carbocycles. The van der Waals surface area contributed by atoms with Crippen LogP contribution in [0.4, 0.5) is 10.1 Å². The first-order chi connectivity index (χ1) is 9.08. The monoisotopic (exact) mass is 259 g/mol. The highest BCUT2D eigenvalue weighted by atomic mass is 19.1. The van der Waals surface area contributed by atoms with Crippen LogP contribution in [0, 0.1) is 5.82 Å². The van der Waals surface area contributed by atoms with Crippen molar-refractivity contribution >= 4 is 11.6 Å². The number of hydrogen-bond acceptors (Lipinski definition) is 3. The van der Waals surface area contributed by atoms with E-state index in [9.17, 15) is 9.18 Å². The summed E-state index contributed by atoms with van der Waals surface area (Å²) in [5.74, 6) is -1.08. The number of halogens is 1. The van der Waals surface area contributed by atoms with E-state index in [2.05, 4.69) is 10.3 Å². The SMILES string of the molecule is CC(N)c1ccc(C(=O)Nc2ccncc2)c(F)c1. The molecule has 98 valence electrons. The Kier molecular flexibility index (Phi) is 3.87. The second kappa shape index (κ2) is 5.58. The smallest absolute Gasteiger partial charge is 0.258 e. The van der Waals surface area contributed by atoms with Gasteiger partial charge in [0.2, 0.25) is 0 Å². The standard InChI is InChI=1S/C14H14FN3O/c1-9(16)10-2-3-12(13(15)8-10)14(19)18-11-4-6-17-7-5-11/h2-9H,16H2,1H3,(H,17,18,19). The molecule has 0 bridgehead atoms. The lowest BCUT2D eigenvalue weighted by Crippen LogP contribution is -2.15. The molecule has 1 aromatic heterocycles. The highest BCUT2D eigenvalue weighted by Crippen LogP contribution is 2.16. The molecular formula is C14H14FN3O. The number of benzene rings is 1. The van der Waals surface area contributed by atoms with Gasteiger partial charge in [-0.2, -0.15) is 0 Å². The zero-order valence-electron chi connectivity index (χ0n) is 10.4. The molecule has 19 heavy (non-hydrogen) atoms. The van der Waals surface area contributed by atoms with Gasteiger partial charge in [-0.1, -0.05) is 6.07 Å². The molecule has 2 aromatic rings. The van der Waals surface area contributed by atoms with Crippen molar-refractivity contribution in [1.29, 1.82) is 0 Å². The Labute approximate surface area is 110 Å². The minimum Gasteiger partial charge on any atom is -0.324 e. The Morgan fingerprint density at radius 3 is 2.58 bits per heavy atom. The third-order valence-corrected chi connectivity index (χ3v) is 2.70. The van der Waals surface area contributed by atoms with Gasteiger partial charge in [0.25, 0.3) is 5.91 Å². The largest absolute Gasteiger partial charge is 0.324 e. The molecule has 0 saturated heterocycles. The summed E-state index contributed by atoms with van der Waals surface area (Å²) in [7, 11) is 0. The second-order valence-electron chi connectivity index (χ2n) is 4.22. The van der Waals surface area contributed by atoms with Crippen LogP contribution in [0.1, 0.15) is 28.9 Å². The second-order valence-corrected chi connectivity index (χ2v) is 4.22. The number of carbonyl (C=O) groups excluding carboxylic acids is 1. The maximum Gasteiger partial charge on any atom is 0.258 e. The lowest BCUT2D eigenvalue weighted by molar-refractivity contribution is 0.102. The summed E-state index contributed by atoms with van der Waals surface area (Å²) in [5.41, 5.74) is 6.86. The van der Waals surface area contributed by atoms with E-state index in [1.807, 2.05) is 0 Å².